The van der Waals surface area contributed by atoms with Crippen molar-refractivity contribution >= 4 is 11.8 Å². The van der Waals surface area contributed by atoms with Crippen molar-refractivity contribution in [1.29, 1.82) is 0 Å². The van der Waals surface area contributed by atoms with Crippen molar-refractivity contribution in [3.8, 4) is 11.5 Å². The van der Waals surface area contributed by atoms with E-state index in [1.165, 1.54) is 0 Å². The van der Waals surface area contributed by atoms with Gasteiger partial charge >= 0.3 is 6.18 Å². The Morgan fingerprint density at radius 3 is 2.50 bits per heavy atom. The fourth-order valence-electron chi connectivity index (χ4n) is 1.85. The second-order valence-corrected chi connectivity index (χ2v) is 5.67. The molecule has 0 fully saturated rings. The zero-order valence-electron chi connectivity index (χ0n) is 10.9. The highest BCUT2D eigenvalue weighted by atomic mass is 32.2. The number of rotatable bonds is 4. The summed E-state index contributed by atoms with van der Waals surface area (Å²) in [6, 6.07) is 3.86. The monoisotopic (exact) mass is 307 g/mol. The summed E-state index contributed by atoms with van der Waals surface area (Å²) < 4.78 is 49.8. The van der Waals surface area contributed by atoms with Crippen molar-refractivity contribution in [2.75, 3.05) is 13.2 Å². The van der Waals surface area contributed by atoms with E-state index in [-0.39, 0.29) is 6.42 Å². The molecule has 20 heavy (non-hydrogen) atoms. The zero-order chi connectivity index (χ0) is 14.8. The Morgan fingerprint density at radius 2 is 1.90 bits per heavy atom. The van der Waals surface area contributed by atoms with E-state index in [2.05, 4.69) is 0 Å². The van der Waals surface area contributed by atoms with Crippen LogP contribution in [0.15, 0.2) is 23.1 Å². The second kappa shape index (κ2) is 6.13. The molecule has 3 nitrogen and oxygen atoms in total. The molecule has 0 aliphatic carbocycles. The van der Waals surface area contributed by atoms with E-state index in [0.29, 0.717) is 41.4 Å². The van der Waals surface area contributed by atoms with Crippen molar-refractivity contribution in [3.05, 3.63) is 18.2 Å². The molecule has 2 atom stereocenters. The van der Waals surface area contributed by atoms with Crippen molar-refractivity contribution in [3.63, 3.8) is 0 Å². The number of ether oxygens (including phenoxy) is 2. The molecule has 0 saturated heterocycles. The van der Waals surface area contributed by atoms with Gasteiger partial charge in [-0.2, -0.15) is 13.2 Å². The van der Waals surface area contributed by atoms with E-state index in [1.54, 1.807) is 25.1 Å². The van der Waals surface area contributed by atoms with Gasteiger partial charge in [-0.25, -0.2) is 0 Å². The lowest BCUT2D eigenvalue weighted by Gasteiger charge is -2.25. The van der Waals surface area contributed by atoms with Crippen LogP contribution in [0.3, 0.4) is 0 Å². The normalized spacial score (nSPS) is 17.6. The molecule has 1 aliphatic heterocycles. The van der Waals surface area contributed by atoms with Crippen LogP contribution in [0.4, 0.5) is 13.2 Å². The van der Waals surface area contributed by atoms with Crippen molar-refractivity contribution in [2.24, 2.45) is 5.73 Å². The van der Waals surface area contributed by atoms with Gasteiger partial charge in [0.15, 0.2) is 11.5 Å². The van der Waals surface area contributed by atoms with Gasteiger partial charge in [-0.15, -0.1) is 11.8 Å². The summed E-state index contributed by atoms with van der Waals surface area (Å²) in [6.45, 7) is 2.50. The highest BCUT2D eigenvalue weighted by Crippen LogP contribution is 2.40. The Hall–Kier alpha value is -1.08. The Kier molecular flexibility index (Phi) is 4.70. The highest BCUT2D eigenvalue weighted by Gasteiger charge is 2.43. The maximum Gasteiger partial charge on any atom is 0.402 e. The summed E-state index contributed by atoms with van der Waals surface area (Å²) >= 11 is 0.716. The van der Waals surface area contributed by atoms with E-state index < -0.39 is 17.5 Å². The molecule has 2 rings (SSSR count). The van der Waals surface area contributed by atoms with Gasteiger partial charge in [0.05, 0.1) is 0 Å². The summed E-state index contributed by atoms with van der Waals surface area (Å²) in [5.74, 6) is 1.04. The standard InChI is InChI=1S/C13H16F3NO2S/c1-2-9(17)12(13(14,15)16)20-8-3-4-10-11(7-8)19-6-5-18-10/h3-4,7,9,12H,2,5-6,17H2,1H3. The molecule has 0 bridgehead atoms. The predicted molar refractivity (Wildman–Crippen MR) is 71.4 cm³/mol. The van der Waals surface area contributed by atoms with Gasteiger partial charge in [0.1, 0.15) is 18.5 Å². The number of fused-ring (bicyclic) bond motifs is 1. The molecule has 1 heterocycles. The van der Waals surface area contributed by atoms with Crippen molar-refractivity contribution in [2.45, 2.75) is 35.7 Å². The van der Waals surface area contributed by atoms with Crippen molar-refractivity contribution < 1.29 is 22.6 Å². The molecule has 0 amide bonds. The first kappa shape index (κ1) is 15.3. The number of alkyl halides is 3. The molecule has 1 aromatic carbocycles. The molecule has 112 valence electrons. The molecule has 0 aromatic heterocycles. The van der Waals surface area contributed by atoms with Crippen LogP contribution in [0, 0.1) is 0 Å². The fourth-order valence-corrected chi connectivity index (χ4v) is 2.97. The van der Waals surface area contributed by atoms with Gasteiger partial charge in [0, 0.05) is 10.9 Å². The summed E-state index contributed by atoms with van der Waals surface area (Å²) in [5, 5.41) is -1.63. The molecular formula is C13H16F3NO2S. The zero-order valence-corrected chi connectivity index (χ0v) is 11.8. The number of halogens is 3. The molecule has 0 radical (unpaired) electrons. The predicted octanol–water partition coefficient (Wildman–Crippen LogP) is 3.22. The maximum atomic E-state index is 13.0. The Balaban J connectivity index is 2.18. The minimum absolute atomic E-state index is 0.266. The fraction of sp³-hybridized carbons (Fsp3) is 0.538. The topological polar surface area (TPSA) is 44.5 Å². The third-order valence-corrected chi connectivity index (χ3v) is 4.36. The minimum Gasteiger partial charge on any atom is -0.486 e. The molecule has 0 spiro atoms. The van der Waals surface area contributed by atoms with E-state index in [0.717, 1.165) is 0 Å². The van der Waals surface area contributed by atoms with E-state index in [9.17, 15) is 13.2 Å². The first-order chi connectivity index (χ1) is 9.41. The largest absolute Gasteiger partial charge is 0.486 e. The van der Waals surface area contributed by atoms with Crippen LogP contribution >= 0.6 is 11.8 Å². The summed E-state index contributed by atoms with van der Waals surface area (Å²) in [4.78, 5) is 0.473. The van der Waals surface area contributed by atoms with Crippen LogP contribution in [0.25, 0.3) is 0 Å². The van der Waals surface area contributed by atoms with Crippen LogP contribution in [-0.4, -0.2) is 30.7 Å². The average Bonchev–Trinajstić information content (AvgIpc) is 2.42. The number of thioether (sulfide) groups is 1. The van der Waals surface area contributed by atoms with Gasteiger partial charge in [0.2, 0.25) is 0 Å². The number of nitrogens with two attached hydrogens (primary N) is 1. The van der Waals surface area contributed by atoms with E-state index in [4.69, 9.17) is 15.2 Å². The number of benzene rings is 1. The summed E-state index contributed by atoms with van der Waals surface area (Å²) in [6.07, 6.45) is -4.07. The first-order valence-corrected chi connectivity index (χ1v) is 7.18. The van der Waals surface area contributed by atoms with Gasteiger partial charge in [-0.3, -0.25) is 0 Å². The van der Waals surface area contributed by atoms with E-state index >= 15 is 0 Å². The highest BCUT2D eigenvalue weighted by molar-refractivity contribution is 8.00. The van der Waals surface area contributed by atoms with Crippen LogP contribution in [0.5, 0.6) is 11.5 Å². The smallest absolute Gasteiger partial charge is 0.402 e. The number of hydrogen-bond acceptors (Lipinski definition) is 4. The average molecular weight is 307 g/mol. The van der Waals surface area contributed by atoms with Crippen molar-refractivity contribution in [1.82, 2.24) is 0 Å². The Morgan fingerprint density at radius 1 is 1.25 bits per heavy atom. The molecule has 2 unspecified atom stereocenters. The first-order valence-electron chi connectivity index (χ1n) is 6.30. The molecule has 2 N–H and O–H groups in total. The maximum absolute atomic E-state index is 13.0. The third-order valence-electron chi connectivity index (χ3n) is 2.96. The second-order valence-electron chi connectivity index (χ2n) is 4.46. The van der Waals surface area contributed by atoms with Gasteiger partial charge < -0.3 is 15.2 Å². The summed E-state index contributed by atoms with van der Waals surface area (Å²) in [7, 11) is 0. The van der Waals surface area contributed by atoms with Gasteiger partial charge in [-0.1, -0.05) is 6.92 Å². The molecule has 0 saturated carbocycles. The minimum atomic E-state index is -4.34. The number of hydrogen-bond donors (Lipinski definition) is 1. The SMILES string of the molecule is CCC(N)C(Sc1ccc2c(c1)OCCO2)C(F)(F)F. The summed E-state index contributed by atoms with van der Waals surface area (Å²) in [5.41, 5.74) is 5.59. The van der Waals surface area contributed by atoms with Crippen LogP contribution in [-0.2, 0) is 0 Å². The van der Waals surface area contributed by atoms with E-state index in [1.807, 2.05) is 0 Å². The van der Waals surface area contributed by atoms with Crippen LogP contribution in [0.2, 0.25) is 0 Å². The molecular weight excluding hydrogens is 291 g/mol. The Labute approximate surface area is 119 Å². The third kappa shape index (κ3) is 3.52. The van der Waals surface area contributed by atoms with Crippen LogP contribution in [0.1, 0.15) is 13.3 Å². The van der Waals surface area contributed by atoms with Gasteiger partial charge in [-0.05, 0) is 24.6 Å². The lowest BCUT2D eigenvalue weighted by atomic mass is 10.1. The Bertz CT molecular complexity index is 467. The van der Waals surface area contributed by atoms with Gasteiger partial charge in [0.25, 0.3) is 0 Å². The van der Waals surface area contributed by atoms with Crippen LogP contribution < -0.4 is 15.2 Å². The molecule has 1 aliphatic rings. The molecule has 1 aromatic rings. The lowest BCUT2D eigenvalue weighted by molar-refractivity contribution is -0.132. The molecule has 7 heteroatoms. The lowest BCUT2D eigenvalue weighted by Crippen LogP contribution is -2.42. The quantitative estimate of drug-likeness (QED) is 0.868.